The topological polar surface area (TPSA) is 94.9 Å². The van der Waals surface area contributed by atoms with Crippen LogP contribution in [0.4, 0.5) is 4.39 Å². The summed E-state index contributed by atoms with van der Waals surface area (Å²) in [6.45, 7) is 0.299. The van der Waals surface area contributed by atoms with Crippen LogP contribution in [-0.2, 0) is 14.8 Å². The van der Waals surface area contributed by atoms with Gasteiger partial charge in [-0.25, -0.2) is 12.8 Å². The molecule has 6 nitrogen and oxygen atoms in total. The monoisotopic (exact) mass is 457 g/mol. The van der Waals surface area contributed by atoms with E-state index in [-0.39, 0.29) is 52.5 Å². The summed E-state index contributed by atoms with van der Waals surface area (Å²) in [6.07, 6.45) is 5.33. The van der Waals surface area contributed by atoms with Crippen molar-refractivity contribution in [1.82, 2.24) is 4.31 Å². The molecule has 0 bridgehead atoms. The molecule has 1 heterocycles. The molecule has 0 radical (unpaired) electrons. The zero-order chi connectivity index (χ0) is 21.7. The summed E-state index contributed by atoms with van der Waals surface area (Å²) in [5, 5.41) is 18.7. The van der Waals surface area contributed by atoms with Crippen LogP contribution in [0.15, 0.2) is 65.6 Å². The van der Waals surface area contributed by atoms with E-state index in [0.29, 0.717) is 31.4 Å². The summed E-state index contributed by atoms with van der Waals surface area (Å²) >= 11 is 0. The number of allylic oxidation sites excluding steroid dienone is 2. The molecule has 3 rings (SSSR count). The Kier molecular flexibility index (Phi) is 9.27. The Balaban J connectivity index is 0.00000341. The van der Waals surface area contributed by atoms with Crippen LogP contribution in [0.5, 0.6) is 5.75 Å². The van der Waals surface area contributed by atoms with Crippen molar-refractivity contribution in [2.75, 3.05) is 6.54 Å². The average Bonchev–Trinajstić information content (AvgIpc) is 3.12. The number of sulfonamides is 1. The number of nitrogens with zero attached hydrogens (tertiary/aromatic N) is 1. The quantitative estimate of drug-likeness (QED) is 0.468. The summed E-state index contributed by atoms with van der Waals surface area (Å²) in [6, 6.07) is 10.8. The zero-order valence-corrected chi connectivity index (χ0v) is 17.1. The molecule has 0 saturated carbocycles. The molecule has 0 amide bonds. The Bertz CT molecular complexity index is 1030. The van der Waals surface area contributed by atoms with Gasteiger partial charge in [-0.05, 0) is 67.1 Å². The normalized spacial score (nSPS) is 19.4. The molecule has 2 aromatic rings. The molecule has 1 fully saturated rings. The molecule has 0 aliphatic carbocycles. The van der Waals surface area contributed by atoms with Gasteiger partial charge in [-0.2, -0.15) is 4.31 Å². The molecule has 2 unspecified atom stereocenters. The molecular weight excluding hydrogens is 432 g/mol. The number of aliphatic carboxylic acids is 1. The van der Waals surface area contributed by atoms with Crippen LogP contribution in [0, 0.1) is 11.7 Å². The Labute approximate surface area is 203 Å². The second-order valence-corrected chi connectivity index (χ2v) is 9.19. The van der Waals surface area contributed by atoms with Crippen molar-refractivity contribution in [1.29, 1.82) is 0 Å². The van der Waals surface area contributed by atoms with Gasteiger partial charge < -0.3 is 10.2 Å². The number of carboxylic acid groups (broad SMARTS) is 1. The van der Waals surface area contributed by atoms with Crippen LogP contribution >= 0.6 is 0 Å². The van der Waals surface area contributed by atoms with E-state index in [2.05, 4.69) is 0 Å². The molecule has 1 aliphatic rings. The molecule has 9 heteroatoms. The summed E-state index contributed by atoms with van der Waals surface area (Å²) in [5.41, 5.74) is 0.683. The van der Waals surface area contributed by atoms with E-state index < -0.39 is 27.9 Å². The van der Waals surface area contributed by atoms with Crippen molar-refractivity contribution >= 4 is 45.5 Å². The first-order valence-electron chi connectivity index (χ1n) is 9.72. The number of carboxylic acids is 1. The Hall–Kier alpha value is -1.71. The second-order valence-electron chi connectivity index (χ2n) is 7.30. The third-order valence-corrected chi connectivity index (χ3v) is 7.13. The fourth-order valence-electron chi connectivity index (χ4n) is 3.83. The van der Waals surface area contributed by atoms with Crippen LogP contribution < -0.4 is 0 Å². The summed E-state index contributed by atoms with van der Waals surface area (Å²) in [5.74, 6) is -1.36. The Morgan fingerprint density at radius 3 is 2.52 bits per heavy atom. The van der Waals surface area contributed by atoms with Gasteiger partial charge in [0.25, 0.3) is 0 Å². The van der Waals surface area contributed by atoms with Crippen LogP contribution in [-0.4, -0.2) is 65.0 Å². The first kappa shape index (κ1) is 25.5. The van der Waals surface area contributed by atoms with Crippen molar-refractivity contribution < 1.29 is 27.8 Å². The van der Waals surface area contributed by atoms with Gasteiger partial charge in [-0.15, -0.1) is 0 Å². The van der Waals surface area contributed by atoms with Gasteiger partial charge in [0.05, 0.1) is 10.9 Å². The first-order valence-corrected chi connectivity index (χ1v) is 11.2. The van der Waals surface area contributed by atoms with Crippen LogP contribution in [0.2, 0.25) is 0 Å². The van der Waals surface area contributed by atoms with E-state index in [1.54, 1.807) is 24.3 Å². The van der Waals surface area contributed by atoms with Crippen molar-refractivity contribution in [2.45, 2.75) is 36.6 Å². The average molecular weight is 457 g/mol. The van der Waals surface area contributed by atoms with Gasteiger partial charge in [0, 0.05) is 13.0 Å². The number of hydrogen-bond acceptors (Lipinski definition) is 4. The van der Waals surface area contributed by atoms with Gasteiger partial charge in [0.2, 0.25) is 10.0 Å². The predicted molar refractivity (Wildman–Crippen MR) is 117 cm³/mol. The predicted octanol–water partition coefficient (Wildman–Crippen LogP) is 3.45. The number of benzene rings is 2. The molecule has 2 aromatic carbocycles. The minimum absolute atomic E-state index is 0. The van der Waals surface area contributed by atoms with E-state index in [1.165, 1.54) is 22.5 Å². The fourth-order valence-corrected chi connectivity index (χ4v) is 5.52. The molecule has 1 saturated heterocycles. The molecular formula is C22H25FNNaO5S. The number of rotatable bonds is 8. The third kappa shape index (κ3) is 6.40. The summed E-state index contributed by atoms with van der Waals surface area (Å²) in [4.78, 5) is 10.7. The van der Waals surface area contributed by atoms with Crippen molar-refractivity contribution in [2.24, 2.45) is 5.92 Å². The molecule has 1 aliphatic heterocycles. The van der Waals surface area contributed by atoms with E-state index in [4.69, 9.17) is 5.11 Å². The van der Waals surface area contributed by atoms with Crippen LogP contribution in [0.3, 0.4) is 0 Å². The standard InChI is InChI=1S/C22H24FNO5S.Na.H/c23-18-9-11-20(12-10-18)30(28,29)24-14-13-16(5-2-1-3-8-21(26)27)22(24)17-6-4-7-19(25)15-17;;/h1-2,4,6-7,9-12,15-16,22,25H,3,5,8,13-14H2,(H,26,27);;/b2-1-;;. The van der Waals surface area contributed by atoms with Gasteiger partial charge in [0.15, 0.2) is 0 Å². The molecule has 2 N–H and O–H groups in total. The van der Waals surface area contributed by atoms with Gasteiger partial charge in [0.1, 0.15) is 11.6 Å². The second kappa shape index (κ2) is 11.2. The summed E-state index contributed by atoms with van der Waals surface area (Å²) in [7, 11) is -3.86. The Morgan fingerprint density at radius 1 is 1.16 bits per heavy atom. The number of phenolic OH excluding ortho intramolecular Hbond substituents is 1. The molecule has 0 spiro atoms. The van der Waals surface area contributed by atoms with Crippen LogP contribution in [0.1, 0.15) is 37.3 Å². The summed E-state index contributed by atoms with van der Waals surface area (Å²) < 4.78 is 41.2. The van der Waals surface area contributed by atoms with Crippen LogP contribution in [0.25, 0.3) is 0 Å². The SMILES string of the molecule is O=C(O)CC/C=C\CC1CCN(S(=O)(=O)c2ccc(F)cc2)C1c1cccc(O)c1.[NaH]. The number of hydrogen-bond donors (Lipinski definition) is 2. The Morgan fingerprint density at radius 2 is 1.87 bits per heavy atom. The first-order chi connectivity index (χ1) is 14.3. The maximum atomic E-state index is 13.3. The van der Waals surface area contributed by atoms with Crippen molar-refractivity contribution in [3.8, 4) is 5.75 Å². The van der Waals surface area contributed by atoms with E-state index in [1.807, 2.05) is 6.08 Å². The maximum absolute atomic E-state index is 13.3. The van der Waals surface area contributed by atoms with Gasteiger partial charge in [-0.3, -0.25) is 4.79 Å². The number of halogens is 1. The van der Waals surface area contributed by atoms with Gasteiger partial charge in [-0.1, -0.05) is 24.3 Å². The van der Waals surface area contributed by atoms with Gasteiger partial charge >= 0.3 is 35.5 Å². The zero-order valence-electron chi connectivity index (χ0n) is 16.3. The number of phenols is 1. The van der Waals surface area contributed by atoms with E-state index in [9.17, 15) is 22.7 Å². The molecule has 31 heavy (non-hydrogen) atoms. The van der Waals surface area contributed by atoms with E-state index in [0.717, 1.165) is 12.1 Å². The minimum atomic E-state index is -3.86. The number of carbonyl (C=O) groups is 1. The number of aromatic hydroxyl groups is 1. The fraction of sp³-hybridized carbons (Fsp3) is 0.318. The van der Waals surface area contributed by atoms with Crippen molar-refractivity contribution in [3.63, 3.8) is 0 Å². The molecule has 162 valence electrons. The molecule has 0 aromatic heterocycles. The molecule has 2 atom stereocenters. The van der Waals surface area contributed by atoms with E-state index >= 15 is 0 Å². The third-order valence-electron chi connectivity index (χ3n) is 5.24. The van der Waals surface area contributed by atoms with Crippen molar-refractivity contribution in [3.05, 3.63) is 72.1 Å².